The van der Waals surface area contributed by atoms with Crippen molar-refractivity contribution < 1.29 is 19.5 Å². The Bertz CT molecular complexity index is 2080. The predicted octanol–water partition coefficient (Wildman–Crippen LogP) is 7.04. The summed E-state index contributed by atoms with van der Waals surface area (Å²) in [5, 5.41) is 15.9. The predicted molar refractivity (Wildman–Crippen MR) is 210 cm³/mol. The Hall–Kier alpha value is -4.23. The number of aliphatic carboxylic acids is 1. The summed E-state index contributed by atoms with van der Waals surface area (Å²) >= 11 is 13.9. The third-order valence-electron chi connectivity index (χ3n) is 11.6. The first-order valence-corrected chi connectivity index (χ1v) is 19.6. The number of imidazole rings is 2. The van der Waals surface area contributed by atoms with E-state index in [0.29, 0.717) is 69.2 Å². The van der Waals surface area contributed by atoms with Crippen molar-refractivity contribution >= 4 is 52.4 Å². The lowest BCUT2D eigenvalue weighted by Gasteiger charge is -2.30. The normalized spacial score (nSPS) is 19.0. The molecule has 2 aromatic heterocycles. The maximum atomic E-state index is 13.7. The largest absolute Gasteiger partial charge is 0.481 e. The van der Waals surface area contributed by atoms with Crippen LogP contribution in [-0.4, -0.2) is 77.5 Å². The average Bonchev–Trinajstić information content (AvgIpc) is 3.68. The number of carbonyl (C=O) groups is 3. The number of amides is 2. The molecular formula is C40H48Cl2N8O4. The summed E-state index contributed by atoms with van der Waals surface area (Å²) in [6.07, 6.45) is 6.12. The fourth-order valence-electron chi connectivity index (χ4n) is 8.26. The lowest BCUT2D eigenvalue weighted by atomic mass is 9.80. The molecule has 286 valence electrons. The van der Waals surface area contributed by atoms with E-state index >= 15 is 0 Å². The van der Waals surface area contributed by atoms with Crippen LogP contribution in [0.4, 0.5) is 11.4 Å². The SMILES string of the molecule is CC(C)N1CCc2c(nc(C(=O)Nc3cccc(-c4cccc(NC(=O)c5nc6c(n5C)CCN(CC[C@H]5CC[C@H](C(=O)O)CC5)C6)c4Cl)c3Cl)n2C)C1. The summed E-state index contributed by atoms with van der Waals surface area (Å²) in [6.45, 7) is 8.43. The maximum absolute atomic E-state index is 13.7. The van der Waals surface area contributed by atoms with Crippen LogP contribution in [0, 0.1) is 11.8 Å². The van der Waals surface area contributed by atoms with Gasteiger partial charge >= 0.3 is 5.97 Å². The van der Waals surface area contributed by atoms with Crippen LogP contribution in [0.1, 0.15) is 90.0 Å². The fourth-order valence-corrected chi connectivity index (χ4v) is 8.81. The zero-order chi connectivity index (χ0) is 38.3. The topological polar surface area (TPSA) is 138 Å². The number of rotatable bonds is 10. The molecule has 0 radical (unpaired) electrons. The van der Waals surface area contributed by atoms with E-state index < -0.39 is 5.97 Å². The summed E-state index contributed by atoms with van der Waals surface area (Å²) < 4.78 is 3.74. The number of carbonyl (C=O) groups excluding carboxylic acids is 2. The molecular weight excluding hydrogens is 727 g/mol. The van der Waals surface area contributed by atoms with Crippen LogP contribution in [-0.2, 0) is 44.8 Å². The van der Waals surface area contributed by atoms with Gasteiger partial charge in [-0.3, -0.25) is 24.2 Å². The number of nitrogens with one attached hydrogen (secondary N) is 2. The lowest BCUT2D eigenvalue weighted by molar-refractivity contribution is -0.143. The van der Waals surface area contributed by atoms with Crippen molar-refractivity contribution in [2.24, 2.45) is 25.9 Å². The molecule has 1 saturated carbocycles. The Kier molecular flexibility index (Phi) is 11.2. The standard InChI is InChI=1S/C40H48Cl2N8O4/c1-23(2)50-20-17-33-31(22-50)44-37(48(33)4)39(52)46-29-10-6-8-27(35(29)42)26-7-5-9-28(34(26)41)45-38(51)36-43-30-21-49(19-16-32(30)47(36)3)18-15-24-11-13-25(14-12-24)40(53)54/h5-10,23-25H,11-22H2,1-4H3,(H,45,51)(H,46,52)(H,53,54)/t24-,25-. The second kappa shape index (κ2) is 15.9. The number of aromatic nitrogens is 4. The first kappa shape index (κ1) is 38.1. The zero-order valence-corrected chi connectivity index (χ0v) is 32.8. The van der Waals surface area contributed by atoms with Gasteiger partial charge in [0.2, 0.25) is 0 Å². The highest BCUT2D eigenvalue weighted by molar-refractivity contribution is 6.40. The Morgan fingerprint density at radius 1 is 0.796 bits per heavy atom. The molecule has 4 heterocycles. The first-order chi connectivity index (χ1) is 25.9. The minimum absolute atomic E-state index is 0.196. The molecule has 12 nitrogen and oxygen atoms in total. The van der Waals surface area contributed by atoms with Crippen molar-refractivity contribution in [3.05, 3.63) is 80.9 Å². The van der Waals surface area contributed by atoms with Crippen LogP contribution in [0.15, 0.2) is 36.4 Å². The van der Waals surface area contributed by atoms with Crippen LogP contribution >= 0.6 is 23.2 Å². The van der Waals surface area contributed by atoms with Crippen molar-refractivity contribution in [2.75, 3.05) is 30.3 Å². The molecule has 0 saturated heterocycles. The van der Waals surface area contributed by atoms with Crippen LogP contribution in [0.25, 0.3) is 11.1 Å². The molecule has 0 spiro atoms. The Morgan fingerprint density at radius 2 is 1.31 bits per heavy atom. The molecule has 0 unspecified atom stereocenters. The van der Waals surface area contributed by atoms with Crippen molar-refractivity contribution in [1.29, 1.82) is 0 Å². The van der Waals surface area contributed by atoms with Crippen molar-refractivity contribution in [1.82, 2.24) is 28.9 Å². The molecule has 14 heteroatoms. The van der Waals surface area contributed by atoms with Crippen LogP contribution in [0.5, 0.6) is 0 Å². The summed E-state index contributed by atoms with van der Waals surface area (Å²) in [4.78, 5) is 52.7. The summed E-state index contributed by atoms with van der Waals surface area (Å²) in [5.74, 6) is -0.392. The van der Waals surface area contributed by atoms with E-state index in [1.165, 1.54) is 0 Å². The van der Waals surface area contributed by atoms with Crippen molar-refractivity contribution in [2.45, 2.75) is 77.9 Å². The number of carboxylic acid groups (broad SMARTS) is 1. The van der Waals surface area contributed by atoms with E-state index in [9.17, 15) is 19.5 Å². The summed E-state index contributed by atoms with van der Waals surface area (Å²) in [6, 6.07) is 11.1. The number of nitrogens with zero attached hydrogens (tertiary/aromatic N) is 6. The number of halogens is 2. The molecule has 2 amide bonds. The molecule has 0 bridgehead atoms. The second-order valence-electron chi connectivity index (χ2n) is 15.2. The van der Waals surface area contributed by atoms with E-state index in [4.69, 9.17) is 33.2 Å². The van der Waals surface area contributed by atoms with Gasteiger partial charge in [-0.25, -0.2) is 9.97 Å². The van der Waals surface area contributed by atoms with Gasteiger partial charge in [0.15, 0.2) is 11.6 Å². The molecule has 1 aliphatic carbocycles. The molecule has 3 N–H and O–H groups in total. The van der Waals surface area contributed by atoms with E-state index in [-0.39, 0.29) is 17.7 Å². The number of fused-ring (bicyclic) bond motifs is 2. The van der Waals surface area contributed by atoms with Gasteiger partial charge < -0.3 is 24.9 Å². The number of carboxylic acids is 1. The summed E-state index contributed by atoms with van der Waals surface area (Å²) in [7, 11) is 3.74. The Balaban J connectivity index is 1.02. The van der Waals surface area contributed by atoms with E-state index in [1.807, 2.05) is 35.4 Å². The van der Waals surface area contributed by atoms with Crippen LogP contribution < -0.4 is 10.6 Å². The van der Waals surface area contributed by atoms with Crippen molar-refractivity contribution in [3.8, 4) is 11.1 Å². The van der Waals surface area contributed by atoms with E-state index in [0.717, 1.165) is 87.4 Å². The lowest BCUT2D eigenvalue weighted by Crippen LogP contribution is -2.36. The minimum atomic E-state index is -0.670. The van der Waals surface area contributed by atoms with Gasteiger partial charge in [0.1, 0.15) is 0 Å². The van der Waals surface area contributed by atoms with Crippen LogP contribution in [0.3, 0.4) is 0 Å². The van der Waals surface area contributed by atoms with Gasteiger partial charge in [-0.2, -0.15) is 0 Å². The average molecular weight is 776 g/mol. The maximum Gasteiger partial charge on any atom is 0.306 e. The first-order valence-electron chi connectivity index (χ1n) is 18.9. The van der Waals surface area contributed by atoms with Crippen molar-refractivity contribution in [3.63, 3.8) is 0 Å². The fraction of sp³-hybridized carbons (Fsp3) is 0.475. The highest BCUT2D eigenvalue weighted by Gasteiger charge is 2.30. The molecule has 3 aliphatic rings. The van der Waals surface area contributed by atoms with Gasteiger partial charge in [0.05, 0.1) is 38.7 Å². The number of hydrogen-bond acceptors (Lipinski definition) is 7. The van der Waals surface area contributed by atoms with Gasteiger partial charge in [-0.1, -0.05) is 47.5 Å². The van der Waals surface area contributed by atoms with Gasteiger partial charge in [0, 0.05) is 81.7 Å². The highest BCUT2D eigenvalue weighted by Crippen LogP contribution is 2.40. The number of anilines is 2. The monoisotopic (exact) mass is 774 g/mol. The molecule has 0 atom stereocenters. The third-order valence-corrected chi connectivity index (χ3v) is 12.4. The smallest absolute Gasteiger partial charge is 0.306 e. The Morgan fingerprint density at radius 3 is 1.83 bits per heavy atom. The molecule has 1 fully saturated rings. The summed E-state index contributed by atoms with van der Waals surface area (Å²) in [5.41, 5.74) is 5.98. The molecule has 7 rings (SSSR count). The van der Waals surface area contributed by atoms with Gasteiger partial charge in [-0.15, -0.1) is 0 Å². The van der Waals surface area contributed by atoms with Gasteiger partial charge in [0.25, 0.3) is 11.8 Å². The quantitative estimate of drug-likeness (QED) is 0.156. The van der Waals surface area contributed by atoms with Crippen LogP contribution in [0.2, 0.25) is 10.0 Å². The second-order valence-corrected chi connectivity index (χ2v) is 16.0. The number of benzene rings is 2. The Labute approximate surface area is 325 Å². The molecule has 54 heavy (non-hydrogen) atoms. The third kappa shape index (κ3) is 7.66. The van der Waals surface area contributed by atoms with Gasteiger partial charge in [-0.05, 0) is 70.5 Å². The highest BCUT2D eigenvalue weighted by atomic mass is 35.5. The van der Waals surface area contributed by atoms with E-state index in [1.54, 1.807) is 24.3 Å². The zero-order valence-electron chi connectivity index (χ0n) is 31.3. The molecule has 2 aliphatic heterocycles. The van der Waals surface area contributed by atoms with E-state index in [2.05, 4.69) is 34.3 Å². The molecule has 2 aromatic carbocycles. The molecule has 4 aromatic rings. The minimum Gasteiger partial charge on any atom is -0.481 e. The number of hydrogen-bond donors (Lipinski definition) is 3.